The smallest absolute Gasteiger partial charge is 0.260 e. The quantitative estimate of drug-likeness (QED) is 0.523. The third-order valence-electron chi connectivity index (χ3n) is 6.27. The van der Waals surface area contributed by atoms with Gasteiger partial charge in [-0.2, -0.15) is 0 Å². The molecule has 0 N–H and O–H groups in total. The molecule has 30 heavy (non-hydrogen) atoms. The van der Waals surface area contributed by atoms with Crippen molar-refractivity contribution in [2.75, 3.05) is 4.31 Å². The summed E-state index contributed by atoms with van der Waals surface area (Å²) >= 11 is 0. The van der Waals surface area contributed by atoms with E-state index in [0.717, 1.165) is 22.4 Å². The van der Waals surface area contributed by atoms with Crippen molar-refractivity contribution in [3.05, 3.63) is 95.1 Å². The first-order valence-electron chi connectivity index (χ1n) is 10.3. The zero-order valence-electron chi connectivity index (χ0n) is 18.3. The van der Waals surface area contributed by atoms with Gasteiger partial charge in [-0.3, -0.25) is 4.31 Å². The molecule has 3 nitrogen and oxygen atoms in total. The molecule has 1 heterocycles. The molecule has 0 amide bonds. The van der Waals surface area contributed by atoms with E-state index in [-0.39, 0.29) is 5.41 Å². The number of benzene rings is 3. The average Bonchev–Trinajstić information content (AvgIpc) is 2.69. The first-order chi connectivity index (χ1) is 14.1. The number of hydrogen-bond acceptors (Lipinski definition) is 2. The van der Waals surface area contributed by atoms with Crippen LogP contribution in [0.1, 0.15) is 49.4 Å². The molecule has 0 aromatic heterocycles. The van der Waals surface area contributed by atoms with Crippen molar-refractivity contribution in [1.82, 2.24) is 0 Å². The molecule has 0 saturated heterocycles. The molecule has 0 aliphatic carbocycles. The zero-order chi connectivity index (χ0) is 21.7. The van der Waals surface area contributed by atoms with Gasteiger partial charge in [-0.25, -0.2) is 8.42 Å². The van der Waals surface area contributed by atoms with Gasteiger partial charge >= 0.3 is 0 Å². The second-order valence-electron chi connectivity index (χ2n) is 9.29. The van der Waals surface area contributed by atoms with Crippen LogP contribution in [-0.4, -0.2) is 14.0 Å². The Labute approximate surface area is 180 Å². The summed E-state index contributed by atoms with van der Waals surface area (Å²) in [5.74, 6) is 0. The minimum absolute atomic E-state index is 0.286. The molecule has 3 aromatic rings. The van der Waals surface area contributed by atoms with Crippen LogP contribution < -0.4 is 4.31 Å². The Morgan fingerprint density at radius 2 is 1.40 bits per heavy atom. The van der Waals surface area contributed by atoms with Crippen molar-refractivity contribution in [2.24, 2.45) is 0 Å². The van der Waals surface area contributed by atoms with Gasteiger partial charge < -0.3 is 0 Å². The van der Waals surface area contributed by atoms with Crippen LogP contribution >= 0.6 is 0 Å². The van der Waals surface area contributed by atoms with Crippen molar-refractivity contribution in [1.29, 1.82) is 0 Å². The minimum Gasteiger partial charge on any atom is -0.260 e. The minimum atomic E-state index is -3.71. The molecule has 1 atom stereocenters. The Bertz CT molecular complexity index is 1180. The summed E-state index contributed by atoms with van der Waals surface area (Å²) in [5, 5.41) is 0. The van der Waals surface area contributed by atoms with Crippen molar-refractivity contribution >= 4 is 15.7 Å². The molecule has 1 aliphatic rings. The predicted molar refractivity (Wildman–Crippen MR) is 124 cm³/mol. The number of hydrogen-bond donors (Lipinski definition) is 0. The SMILES string of the molecule is Cc1ccc(S(=O)(=O)N2c3ccc(C)cc3C(C)(c3ccccc3)CC2(C)C)cc1. The Hall–Kier alpha value is -2.59. The number of rotatable bonds is 3. The molecule has 1 aliphatic heterocycles. The Balaban J connectivity index is 1.97. The van der Waals surface area contributed by atoms with Gasteiger partial charge in [0.05, 0.1) is 16.1 Å². The van der Waals surface area contributed by atoms with E-state index in [1.54, 1.807) is 16.4 Å². The molecule has 156 valence electrons. The fourth-order valence-electron chi connectivity index (χ4n) is 4.96. The Morgan fingerprint density at radius 3 is 2.03 bits per heavy atom. The number of sulfonamides is 1. The first-order valence-corrected chi connectivity index (χ1v) is 11.8. The van der Waals surface area contributed by atoms with Gasteiger partial charge in [0, 0.05) is 5.41 Å². The second-order valence-corrected chi connectivity index (χ2v) is 11.1. The molecule has 0 bridgehead atoms. The molecule has 4 heteroatoms. The van der Waals surface area contributed by atoms with Crippen LogP contribution in [0.5, 0.6) is 0 Å². The third-order valence-corrected chi connectivity index (χ3v) is 8.31. The lowest BCUT2D eigenvalue weighted by molar-refractivity contribution is 0.351. The maximum Gasteiger partial charge on any atom is 0.264 e. The average molecular weight is 420 g/mol. The summed E-state index contributed by atoms with van der Waals surface area (Å²) in [6, 6.07) is 23.7. The van der Waals surface area contributed by atoms with Gasteiger partial charge in [-0.1, -0.05) is 72.6 Å². The first kappa shape index (κ1) is 20.7. The molecule has 0 saturated carbocycles. The summed E-state index contributed by atoms with van der Waals surface area (Å²) < 4.78 is 29.3. The highest BCUT2D eigenvalue weighted by Crippen LogP contribution is 2.52. The summed E-state index contributed by atoms with van der Waals surface area (Å²) in [6.07, 6.45) is 0.686. The van der Waals surface area contributed by atoms with Gasteiger partial charge in [0.25, 0.3) is 10.0 Å². The van der Waals surface area contributed by atoms with E-state index in [2.05, 4.69) is 44.2 Å². The van der Waals surface area contributed by atoms with Gasteiger partial charge in [-0.15, -0.1) is 0 Å². The van der Waals surface area contributed by atoms with E-state index >= 15 is 0 Å². The lowest BCUT2D eigenvalue weighted by Crippen LogP contribution is -2.55. The van der Waals surface area contributed by atoms with E-state index in [1.165, 1.54) is 5.56 Å². The maximum absolute atomic E-state index is 13.8. The molecule has 0 spiro atoms. The molecule has 0 radical (unpaired) electrons. The second kappa shape index (κ2) is 6.98. The Kier molecular flexibility index (Phi) is 4.81. The summed E-state index contributed by atoms with van der Waals surface area (Å²) in [5.41, 5.74) is 4.31. The molecule has 1 unspecified atom stereocenters. The fraction of sp³-hybridized carbons (Fsp3) is 0.308. The van der Waals surface area contributed by atoms with E-state index < -0.39 is 15.6 Å². The van der Waals surface area contributed by atoms with Crippen molar-refractivity contribution in [3.63, 3.8) is 0 Å². The molecular weight excluding hydrogens is 390 g/mol. The number of nitrogens with zero attached hydrogens (tertiary/aromatic N) is 1. The standard InChI is InChI=1S/C26H29NO2S/c1-19-11-14-22(15-12-19)30(28,29)27-24-16-13-20(2)17-23(24)26(5,18-25(27,3)4)21-9-7-6-8-10-21/h6-17H,18H2,1-5H3. The highest BCUT2D eigenvalue weighted by Gasteiger charge is 2.50. The molecule has 3 aromatic carbocycles. The highest BCUT2D eigenvalue weighted by atomic mass is 32.2. The van der Waals surface area contributed by atoms with Crippen LogP contribution in [0.15, 0.2) is 77.7 Å². The number of fused-ring (bicyclic) bond motifs is 1. The lowest BCUT2D eigenvalue weighted by atomic mass is 9.66. The Morgan fingerprint density at radius 1 is 0.800 bits per heavy atom. The predicted octanol–water partition coefficient (Wildman–Crippen LogP) is 5.99. The fourth-order valence-corrected chi connectivity index (χ4v) is 6.79. The van der Waals surface area contributed by atoms with Gasteiger partial charge in [0.1, 0.15) is 0 Å². The summed E-state index contributed by atoms with van der Waals surface area (Å²) in [4.78, 5) is 0.330. The van der Waals surface area contributed by atoms with Gasteiger partial charge in [0.15, 0.2) is 0 Å². The van der Waals surface area contributed by atoms with Crippen LogP contribution in [0, 0.1) is 13.8 Å². The van der Waals surface area contributed by atoms with E-state index in [9.17, 15) is 8.42 Å². The van der Waals surface area contributed by atoms with Crippen molar-refractivity contribution < 1.29 is 8.42 Å². The normalized spacial score (nSPS) is 20.6. The van der Waals surface area contributed by atoms with Gasteiger partial charge in [-0.05, 0) is 63.4 Å². The van der Waals surface area contributed by atoms with E-state index in [4.69, 9.17) is 0 Å². The molecule has 4 rings (SSSR count). The van der Waals surface area contributed by atoms with E-state index in [1.807, 2.05) is 51.1 Å². The van der Waals surface area contributed by atoms with E-state index in [0.29, 0.717) is 11.3 Å². The van der Waals surface area contributed by atoms with Crippen LogP contribution in [0.3, 0.4) is 0 Å². The van der Waals surface area contributed by atoms with Crippen molar-refractivity contribution in [2.45, 2.75) is 56.9 Å². The van der Waals surface area contributed by atoms with Crippen LogP contribution in [0.25, 0.3) is 0 Å². The third kappa shape index (κ3) is 3.24. The largest absolute Gasteiger partial charge is 0.264 e. The summed E-state index contributed by atoms with van der Waals surface area (Å²) in [7, 11) is -3.71. The number of aryl methyl sites for hydroxylation is 2. The van der Waals surface area contributed by atoms with Crippen molar-refractivity contribution in [3.8, 4) is 0 Å². The van der Waals surface area contributed by atoms with Crippen LogP contribution in [-0.2, 0) is 15.4 Å². The summed E-state index contributed by atoms with van der Waals surface area (Å²) in [6.45, 7) is 10.3. The maximum atomic E-state index is 13.8. The molecule has 0 fully saturated rings. The monoisotopic (exact) mass is 419 g/mol. The van der Waals surface area contributed by atoms with Crippen LogP contribution in [0.2, 0.25) is 0 Å². The number of anilines is 1. The zero-order valence-corrected chi connectivity index (χ0v) is 19.1. The molecular formula is C26H29NO2S. The van der Waals surface area contributed by atoms with Crippen LogP contribution in [0.4, 0.5) is 5.69 Å². The van der Waals surface area contributed by atoms with Gasteiger partial charge in [0.2, 0.25) is 0 Å². The topological polar surface area (TPSA) is 37.4 Å². The highest BCUT2D eigenvalue weighted by molar-refractivity contribution is 7.93. The lowest BCUT2D eigenvalue weighted by Gasteiger charge is -2.51.